The molecule has 0 spiro atoms. The number of ether oxygens (including phenoxy) is 3. The van der Waals surface area contributed by atoms with Gasteiger partial charge >= 0.3 is 5.97 Å². The molecule has 37 heavy (non-hydrogen) atoms. The number of ketones is 1. The zero-order valence-electron chi connectivity index (χ0n) is 21.8. The second-order valence-corrected chi connectivity index (χ2v) is 10.2. The van der Waals surface area contributed by atoms with Crippen LogP contribution in [-0.4, -0.2) is 32.1 Å². The van der Waals surface area contributed by atoms with Crippen LogP contribution in [0.5, 0.6) is 11.5 Å². The monoisotopic (exact) mass is 501 g/mol. The highest BCUT2D eigenvalue weighted by molar-refractivity contribution is 6.04. The first-order valence-corrected chi connectivity index (χ1v) is 13.2. The van der Waals surface area contributed by atoms with E-state index in [0.717, 1.165) is 48.2 Å². The zero-order chi connectivity index (χ0) is 25.9. The lowest BCUT2D eigenvalue weighted by molar-refractivity contribution is -0.146. The molecule has 6 nitrogen and oxygen atoms in total. The highest BCUT2D eigenvalue weighted by Gasteiger charge is 2.43. The lowest BCUT2D eigenvalue weighted by Crippen LogP contribution is -2.37. The van der Waals surface area contributed by atoms with Gasteiger partial charge in [0.2, 0.25) is 0 Å². The number of dihydropyridines is 1. The number of Topliss-reactive ketones (excluding diaryl/α,β-unsaturated/α-hetero) is 1. The molecule has 194 valence electrons. The van der Waals surface area contributed by atoms with Crippen molar-refractivity contribution in [2.24, 2.45) is 0 Å². The number of allylic oxidation sites excluding steroid dienone is 3. The average molecular weight is 502 g/mol. The number of methoxy groups -OCH3 is 2. The Morgan fingerprint density at radius 2 is 1.70 bits per heavy atom. The summed E-state index contributed by atoms with van der Waals surface area (Å²) in [5.41, 5.74) is 4.63. The molecule has 2 atom stereocenters. The summed E-state index contributed by atoms with van der Waals surface area (Å²) in [4.78, 5) is 27.6. The molecule has 1 aliphatic heterocycles. The van der Waals surface area contributed by atoms with Crippen molar-refractivity contribution < 1.29 is 23.8 Å². The van der Waals surface area contributed by atoms with E-state index < -0.39 is 5.92 Å². The molecule has 2 aromatic carbocycles. The van der Waals surface area contributed by atoms with Crippen LogP contribution in [0, 0.1) is 0 Å². The predicted molar refractivity (Wildman–Crippen MR) is 142 cm³/mol. The third-order valence-corrected chi connectivity index (χ3v) is 7.90. The fourth-order valence-electron chi connectivity index (χ4n) is 6.04. The van der Waals surface area contributed by atoms with E-state index in [9.17, 15) is 9.59 Å². The van der Waals surface area contributed by atoms with Gasteiger partial charge in [0.05, 0.1) is 25.7 Å². The third kappa shape index (κ3) is 5.02. The SMILES string of the molecule is COc1ccc(C2C(C(=O)OC3CCCCC3)=C(C)NC3=C2C(=O)CC(c2ccccc2)C3)c(OC)c1. The van der Waals surface area contributed by atoms with Crippen LogP contribution in [0.3, 0.4) is 0 Å². The Balaban J connectivity index is 1.58. The second kappa shape index (κ2) is 10.8. The smallest absolute Gasteiger partial charge is 0.337 e. The van der Waals surface area contributed by atoms with Gasteiger partial charge < -0.3 is 19.5 Å². The molecule has 1 N–H and O–H groups in total. The summed E-state index contributed by atoms with van der Waals surface area (Å²) in [7, 11) is 3.20. The highest BCUT2D eigenvalue weighted by Crippen LogP contribution is 2.48. The summed E-state index contributed by atoms with van der Waals surface area (Å²) < 4.78 is 17.2. The molecule has 2 unspecified atom stereocenters. The van der Waals surface area contributed by atoms with Gasteiger partial charge in [0.1, 0.15) is 17.6 Å². The first kappa shape index (κ1) is 25.1. The summed E-state index contributed by atoms with van der Waals surface area (Å²) in [6.45, 7) is 1.90. The van der Waals surface area contributed by atoms with Crippen LogP contribution in [0.1, 0.15) is 74.8 Å². The van der Waals surface area contributed by atoms with Crippen molar-refractivity contribution >= 4 is 11.8 Å². The summed E-state index contributed by atoms with van der Waals surface area (Å²) in [5.74, 6) is 0.423. The van der Waals surface area contributed by atoms with Crippen LogP contribution in [0.4, 0.5) is 0 Å². The van der Waals surface area contributed by atoms with Crippen molar-refractivity contribution in [2.45, 2.75) is 69.8 Å². The van der Waals surface area contributed by atoms with Crippen molar-refractivity contribution in [2.75, 3.05) is 14.2 Å². The molecule has 1 saturated carbocycles. The Hall–Kier alpha value is -3.54. The topological polar surface area (TPSA) is 73.9 Å². The maximum Gasteiger partial charge on any atom is 0.337 e. The van der Waals surface area contributed by atoms with Gasteiger partial charge in [0.15, 0.2) is 5.78 Å². The van der Waals surface area contributed by atoms with Gasteiger partial charge in [-0.05, 0) is 56.6 Å². The number of hydrogen-bond donors (Lipinski definition) is 1. The minimum Gasteiger partial charge on any atom is -0.497 e. The standard InChI is InChI=1S/C31H35NO5/c1-19-28(31(34)37-22-12-8-5-9-13-22)29(24-15-14-23(35-2)18-27(24)36-3)30-25(32-19)16-21(17-26(30)33)20-10-6-4-7-11-20/h4,6-7,10-11,14-15,18,21-22,29,32H,5,8-9,12-13,16-17H2,1-3H3. The molecule has 6 heteroatoms. The van der Waals surface area contributed by atoms with Crippen LogP contribution in [-0.2, 0) is 14.3 Å². The molecule has 1 fully saturated rings. The van der Waals surface area contributed by atoms with Gasteiger partial charge in [-0.25, -0.2) is 4.79 Å². The fraction of sp³-hybridized carbons (Fsp3) is 0.419. The van der Waals surface area contributed by atoms with Crippen molar-refractivity contribution in [3.63, 3.8) is 0 Å². The molecule has 2 aromatic rings. The molecule has 0 bridgehead atoms. The van der Waals surface area contributed by atoms with E-state index in [1.165, 1.54) is 6.42 Å². The van der Waals surface area contributed by atoms with Crippen LogP contribution in [0.15, 0.2) is 71.1 Å². The number of carbonyl (C=O) groups is 2. The second-order valence-electron chi connectivity index (χ2n) is 10.2. The molecular weight excluding hydrogens is 466 g/mol. The molecule has 1 heterocycles. The number of nitrogens with one attached hydrogen (secondary N) is 1. The zero-order valence-corrected chi connectivity index (χ0v) is 21.8. The Bertz CT molecular complexity index is 1240. The Morgan fingerprint density at radius 1 is 0.946 bits per heavy atom. The van der Waals surface area contributed by atoms with Gasteiger partial charge in [0.25, 0.3) is 0 Å². The highest BCUT2D eigenvalue weighted by atomic mass is 16.5. The van der Waals surface area contributed by atoms with Gasteiger partial charge in [-0.1, -0.05) is 42.8 Å². The number of benzene rings is 2. The summed E-state index contributed by atoms with van der Waals surface area (Å²) in [6.07, 6.45) is 6.08. The molecule has 2 aliphatic carbocycles. The Morgan fingerprint density at radius 3 is 2.41 bits per heavy atom. The van der Waals surface area contributed by atoms with Crippen LogP contribution >= 0.6 is 0 Å². The largest absolute Gasteiger partial charge is 0.497 e. The van der Waals surface area contributed by atoms with E-state index in [0.29, 0.717) is 35.5 Å². The molecular formula is C31H35NO5. The summed E-state index contributed by atoms with van der Waals surface area (Å²) in [5, 5.41) is 3.45. The van der Waals surface area contributed by atoms with Gasteiger partial charge in [-0.2, -0.15) is 0 Å². The van der Waals surface area contributed by atoms with Crippen molar-refractivity contribution in [3.05, 3.63) is 82.2 Å². The quantitative estimate of drug-likeness (QED) is 0.494. The van der Waals surface area contributed by atoms with E-state index in [1.54, 1.807) is 20.3 Å². The minimum atomic E-state index is -0.572. The predicted octanol–water partition coefficient (Wildman–Crippen LogP) is 5.94. The summed E-state index contributed by atoms with van der Waals surface area (Å²) >= 11 is 0. The van der Waals surface area contributed by atoms with E-state index >= 15 is 0 Å². The van der Waals surface area contributed by atoms with Gasteiger partial charge in [0, 0.05) is 35.0 Å². The van der Waals surface area contributed by atoms with E-state index in [1.807, 2.05) is 37.3 Å². The maximum atomic E-state index is 13.8. The lowest BCUT2D eigenvalue weighted by atomic mass is 9.71. The minimum absolute atomic E-state index is 0.0425. The first-order chi connectivity index (χ1) is 18.0. The van der Waals surface area contributed by atoms with E-state index in [-0.39, 0.29) is 23.8 Å². The molecule has 0 radical (unpaired) electrons. The lowest BCUT2D eigenvalue weighted by Gasteiger charge is -2.37. The normalized spacial score (nSPS) is 22.3. The average Bonchev–Trinajstić information content (AvgIpc) is 2.92. The third-order valence-electron chi connectivity index (χ3n) is 7.90. The first-order valence-electron chi connectivity index (χ1n) is 13.2. The van der Waals surface area contributed by atoms with Crippen LogP contribution in [0.2, 0.25) is 0 Å². The molecule has 0 amide bonds. The number of esters is 1. The van der Waals surface area contributed by atoms with Crippen LogP contribution < -0.4 is 14.8 Å². The van der Waals surface area contributed by atoms with Crippen molar-refractivity contribution in [1.82, 2.24) is 5.32 Å². The molecule has 5 rings (SSSR count). The molecule has 0 saturated heterocycles. The van der Waals surface area contributed by atoms with Crippen molar-refractivity contribution in [3.8, 4) is 11.5 Å². The van der Waals surface area contributed by atoms with E-state index in [4.69, 9.17) is 14.2 Å². The number of rotatable bonds is 6. The van der Waals surface area contributed by atoms with Gasteiger partial charge in [-0.15, -0.1) is 0 Å². The molecule has 3 aliphatic rings. The maximum absolute atomic E-state index is 13.8. The summed E-state index contributed by atoms with van der Waals surface area (Å²) in [6, 6.07) is 15.7. The van der Waals surface area contributed by atoms with E-state index in [2.05, 4.69) is 17.4 Å². The van der Waals surface area contributed by atoms with Crippen molar-refractivity contribution in [1.29, 1.82) is 0 Å². The Labute approximate surface area is 218 Å². The van der Waals surface area contributed by atoms with Crippen LogP contribution in [0.25, 0.3) is 0 Å². The number of carbonyl (C=O) groups excluding carboxylic acids is 2. The van der Waals surface area contributed by atoms with Gasteiger partial charge in [-0.3, -0.25) is 4.79 Å². The Kier molecular flexibility index (Phi) is 7.36. The number of hydrogen-bond acceptors (Lipinski definition) is 6. The molecule has 0 aromatic heterocycles. The fourth-order valence-corrected chi connectivity index (χ4v) is 6.04.